The maximum Gasteiger partial charge on any atom is 0.384 e. The van der Waals surface area contributed by atoms with Gasteiger partial charge in [0.1, 0.15) is 0 Å². The number of hydrogen-bond acceptors (Lipinski definition) is 5. The number of benzene rings is 1. The fraction of sp³-hybridized carbons (Fsp3) is 0.412. The van der Waals surface area contributed by atoms with Gasteiger partial charge in [-0.25, -0.2) is 9.59 Å². The summed E-state index contributed by atoms with van der Waals surface area (Å²) in [5.41, 5.74) is 0.691. The number of carbonyl (C=O) groups excluding carboxylic acids is 2. The maximum absolute atomic E-state index is 15.0. The summed E-state index contributed by atoms with van der Waals surface area (Å²) in [6.07, 6.45) is 1.13. The van der Waals surface area contributed by atoms with Crippen LogP contribution in [-0.4, -0.2) is 31.0 Å². The maximum atomic E-state index is 15.0. The summed E-state index contributed by atoms with van der Waals surface area (Å²) >= 11 is 5.86. The van der Waals surface area contributed by atoms with E-state index in [1.807, 2.05) is 0 Å². The van der Waals surface area contributed by atoms with E-state index >= 15 is 4.39 Å². The van der Waals surface area contributed by atoms with E-state index in [1.54, 1.807) is 38.1 Å². The molecular weight excluding hydrogens is 339 g/mol. The molecule has 1 aromatic carbocycles. The number of rotatable bonds is 5. The van der Waals surface area contributed by atoms with E-state index in [2.05, 4.69) is 0 Å². The summed E-state index contributed by atoms with van der Waals surface area (Å²) in [4.78, 5) is 23.9. The molecule has 0 aromatic heterocycles. The zero-order valence-corrected chi connectivity index (χ0v) is 14.1. The van der Waals surface area contributed by atoms with Crippen molar-refractivity contribution in [1.82, 2.24) is 0 Å². The van der Waals surface area contributed by atoms with Crippen LogP contribution in [0.2, 0.25) is 5.02 Å². The summed E-state index contributed by atoms with van der Waals surface area (Å²) in [7, 11) is 0. The van der Waals surface area contributed by atoms with Crippen molar-refractivity contribution in [3.05, 3.63) is 46.7 Å². The van der Waals surface area contributed by atoms with Gasteiger partial charge in [0.2, 0.25) is 5.76 Å². The van der Waals surface area contributed by atoms with Crippen LogP contribution in [0.4, 0.5) is 4.39 Å². The first-order valence-corrected chi connectivity index (χ1v) is 7.97. The largest absolute Gasteiger partial charge is 0.461 e. The number of carbonyl (C=O) groups is 2. The Morgan fingerprint density at radius 2 is 1.88 bits per heavy atom. The normalized spacial score (nSPS) is 23.0. The number of alkyl halides is 1. The van der Waals surface area contributed by atoms with Crippen LogP contribution in [0.5, 0.6) is 0 Å². The van der Waals surface area contributed by atoms with Gasteiger partial charge in [-0.1, -0.05) is 23.7 Å². The first-order chi connectivity index (χ1) is 11.4. The topological polar surface area (TPSA) is 61.8 Å². The van der Waals surface area contributed by atoms with Crippen LogP contribution < -0.4 is 0 Å². The van der Waals surface area contributed by atoms with Crippen molar-refractivity contribution in [1.29, 1.82) is 0 Å². The van der Waals surface area contributed by atoms with Gasteiger partial charge >= 0.3 is 17.8 Å². The van der Waals surface area contributed by atoms with Gasteiger partial charge in [-0.3, -0.25) is 0 Å². The van der Waals surface area contributed by atoms with Crippen LogP contribution in [0, 0.1) is 0 Å². The summed E-state index contributed by atoms with van der Waals surface area (Å²) in [5.74, 6) is -5.67. The molecule has 2 rings (SSSR count). The monoisotopic (exact) mass is 356 g/mol. The molecule has 0 fully saturated rings. The highest BCUT2D eigenvalue weighted by Crippen LogP contribution is 2.39. The van der Waals surface area contributed by atoms with Gasteiger partial charge in [-0.15, -0.1) is 0 Å². The Bertz CT molecular complexity index is 643. The second-order valence-corrected chi connectivity index (χ2v) is 5.60. The van der Waals surface area contributed by atoms with Crippen molar-refractivity contribution in [2.75, 3.05) is 13.2 Å². The molecule has 0 saturated heterocycles. The second-order valence-electron chi connectivity index (χ2n) is 5.16. The van der Waals surface area contributed by atoms with E-state index in [1.165, 1.54) is 6.08 Å². The number of esters is 2. The Balaban J connectivity index is 2.37. The second kappa shape index (κ2) is 7.66. The Morgan fingerprint density at radius 3 is 2.46 bits per heavy atom. The highest BCUT2D eigenvalue weighted by atomic mass is 35.5. The molecule has 0 spiro atoms. The van der Waals surface area contributed by atoms with Crippen LogP contribution in [0.25, 0.3) is 0 Å². The Morgan fingerprint density at radius 1 is 1.25 bits per heavy atom. The van der Waals surface area contributed by atoms with Gasteiger partial charge in [-0.05, 0) is 37.6 Å². The van der Waals surface area contributed by atoms with Crippen molar-refractivity contribution in [2.45, 2.75) is 32.0 Å². The van der Waals surface area contributed by atoms with Crippen LogP contribution in [0.1, 0.15) is 31.7 Å². The number of halogens is 2. The molecule has 0 radical (unpaired) electrons. The molecule has 2 unspecified atom stereocenters. The first-order valence-electron chi connectivity index (χ1n) is 7.59. The molecule has 1 aromatic rings. The van der Waals surface area contributed by atoms with E-state index in [-0.39, 0.29) is 25.4 Å². The average molecular weight is 357 g/mol. The molecule has 2 atom stereocenters. The predicted molar refractivity (Wildman–Crippen MR) is 85.1 cm³/mol. The van der Waals surface area contributed by atoms with E-state index in [9.17, 15) is 9.59 Å². The molecule has 7 heteroatoms. The van der Waals surface area contributed by atoms with Gasteiger partial charge in [0.15, 0.2) is 0 Å². The number of hydrogen-bond donors (Lipinski definition) is 0. The summed E-state index contributed by atoms with van der Waals surface area (Å²) < 4.78 is 29.6. The van der Waals surface area contributed by atoms with Crippen molar-refractivity contribution >= 4 is 23.5 Å². The lowest BCUT2D eigenvalue weighted by molar-refractivity contribution is -0.199. The summed E-state index contributed by atoms with van der Waals surface area (Å²) in [6.45, 7) is 3.27. The molecule has 0 N–H and O–H groups in total. The van der Waals surface area contributed by atoms with Gasteiger partial charge in [0, 0.05) is 17.4 Å². The molecular formula is C17H18ClFO5. The standard InChI is InChI=1S/C17H18ClFO5/c1-3-22-15(20)14-9-12(11-5-7-13(18)8-6-11)10-17(19,24-14)16(21)23-4-2/h5-9,12H,3-4,10H2,1-2H3. The lowest BCUT2D eigenvalue weighted by Gasteiger charge is -2.32. The SMILES string of the molecule is CCOC(=O)C1=CC(c2ccc(Cl)cc2)CC(F)(C(=O)OCC)O1. The first kappa shape index (κ1) is 18.3. The quantitative estimate of drug-likeness (QED) is 0.755. The van der Waals surface area contributed by atoms with Crippen molar-refractivity contribution in [2.24, 2.45) is 0 Å². The van der Waals surface area contributed by atoms with Gasteiger partial charge in [0.25, 0.3) is 0 Å². The van der Waals surface area contributed by atoms with Crippen LogP contribution >= 0.6 is 11.6 Å². The zero-order chi connectivity index (χ0) is 17.7. The van der Waals surface area contributed by atoms with Crippen molar-refractivity contribution in [3.63, 3.8) is 0 Å². The smallest absolute Gasteiger partial charge is 0.384 e. The predicted octanol–water partition coefficient (Wildman–Crippen LogP) is 3.52. The number of allylic oxidation sites excluding steroid dienone is 1. The third-order valence-electron chi connectivity index (χ3n) is 3.46. The highest BCUT2D eigenvalue weighted by Gasteiger charge is 2.49. The van der Waals surface area contributed by atoms with E-state index in [0.717, 1.165) is 0 Å². The van der Waals surface area contributed by atoms with Gasteiger partial charge in [-0.2, -0.15) is 4.39 Å². The van der Waals surface area contributed by atoms with Crippen LogP contribution in [-0.2, 0) is 23.8 Å². The van der Waals surface area contributed by atoms with E-state index in [0.29, 0.717) is 10.6 Å². The minimum Gasteiger partial charge on any atom is -0.461 e. The molecule has 1 aliphatic rings. The molecule has 0 amide bonds. The fourth-order valence-electron chi connectivity index (χ4n) is 2.37. The molecule has 1 heterocycles. The lowest BCUT2D eigenvalue weighted by atomic mass is 9.89. The Kier molecular flexibility index (Phi) is 5.83. The molecule has 0 saturated carbocycles. The third kappa shape index (κ3) is 4.06. The molecule has 0 bridgehead atoms. The van der Waals surface area contributed by atoms with E-state index in [4.69, 9.17) is 25.8 Å². The summed E-state index contributed by atoms with van der Waals surface area (Å²) in [5, 5.41) is 0.525. The average Bonchev–Trinajstić information content (AvgIpc) is 2.55. The molecule has 24 heavy (non-hydrogen) atoms. The van der Waals surface area contributed by atoms with Gasteiger partial charge in [0.05, 0.1) is 13.2 Å². The fourth-order valence-corrected chi connectivity index (χ4v) is 2.50. The molecule has 130 valence electrons. The zero-order valence-electron chi connectivity index (χ0n) is 13.4. The van der Waals surface area contributed by atoms with Crippen LogP contribution in [0.3, 0.4) is 0 Å². The lowest BCUT2D eigenvalue weighted by Crippen LogP contribution is -2.43. The number of ether oxygens (including phenoxy) is 3. The summed E-state index contributed by atoms with van der Waals surface area (Å²) in [6, 6.07) is 6.69. The van der Waals surface area contributed by atoms with Crippen LogP contribution in [0.15, 0.2) is 36.1 Å². The van der Waals surface area contributed by atoms with Gasteiger partial charge < -0.3 is 14.2 Å². The van der Waals surface area contributed by atoms with E-state index < -0.39 is 23.7 Å². The molecule has 5 nitrogen and oxygen atoms in total. The Hall–Kier alpha value is -2.08. The van der Waals surface area contributed by atoms with Crippen molar-refractivity contribution < 1.29 is 28.2 Å². The van der Waals surface area contributed by atoms with Crippen molar-refractivity contribution in [3.8, 4) is 0 Å². The molecule has 0 aliphatic carbocycles. The third-order valence-corrected chi connectivity index (χ3v) is 3.71. The highest BCUT2D eigenvalue weighted by molar-refractivity contribution is 6.30. The Labute approximate surface area is 144 Å². The molecule has 1 aliphatic heterocycles. The minimum atomic E-state index is -2.75. The minimum absolute atomic E-state index is 0.00205.